The lowest BCUT2D eigenvalue weighted by Gasteiger charge is -2.49. The van der Waals surface area contributed by atoms with Crippen LogP contribution in [0.25, 0.3) is 0 Å². The van der Waals surface area contributed by atoms with Crippen molar-refractivity contribution in [2.45, 2.75) is 90.6 Å². The molecule has 2 unspecified atom stereocenters. The second-order valence-corrected chi connectivity index (χ2v) is 8.22. The van der Waals surface area contributed by atoms with Gasteiger partial charge in [0.05, 0.1) is 0 Å². The number of carbonyl (C=O) groups is 1. The van der Waals surface area contributed by atoms with Crippen LogP contribution in [0.15, 0.2) is 12.7 Å². The van der Waals surface area contributed by atoms with Crippen LogP contribution >= 0.6 is 0 Å². The van der Waals surface area contributed by atoms with E-state index in [0.717, 1.165) is 6.42 Å². The van der Waals surface area contributed by atoms with Gasteiger partial charge in [-0.1, -0.05) is 71.8 Å². The zero-order valence-corrected chi connectivity index (χ0v) is 14.8. The second kappa shape index (κ2) is 7.19. The maximum Gasteiger partial charge on any atom is 0.330 e. The number of hydrogen-bond donors (Lipinski definition) is 0. The van der Waals surface area contributed by atoms with Gasteiger partial charge in [-0.2, -0.15) is 0 Å². The molecule has 2 nitrogen and oxygen atoms in total. The van der Waals surface area contributed by atoms with Crippen LogP contribution in [0.1, 0.15) is 85.0 Å². The maximum atomic E-state index is 12.0. The number of esters is 1. The van der Waals surface area contributed by atoms with Gasteiger partial charge in [-0.25, -0.2) is 4.79 Å². The van der Waals surface area contributed by atoms with Gasteiger partial charge in [0, 0.05) is 17.4 Å². The lowest BCUT2D eigenvalue weighted by Crippen LogP contribution is -2.52. The highest BCUT2D eigenvalue weighted by Crippen LogP contribution is 2.52. The van der Waals surface area contributed by atoms with Gasteiger partial charge >= 0.3 is 5.97 Å². The molecule has 0 spiro atoms. The molecule has 2 saturated carbocycles. The molecule has 0 aromatic rings. The minimum absolute atomic E-state index is 0.0269. The molecule has 0 bridgehead atoms. The van der Waals surface area contributed by atoms with Gasteiger partial charge in [0.25, 0.3) is 0 Å². The summed E-state index contributed by atoms with van der Waals surface area (Å²) in [6.45, 7) is 10.4. The highest BCUT2D eigenvalue weighted by atomic mass is 16.6. The van der Waals surface area contributed by atoms with Gasteiger partial charge in [-0.05, 0) is 25.7 Å². The monoisotopic (exact) mass is 306 g/mol. The molecule has 2 aliphatic rings. The Morgan fingerprint density at radius 1 is 1.00 bits per heavy atom. The summed E-state index contributed by atoms with van der Waals surface area (Å²) in [7, 11) is 0. The Labute approximate surface area is 136 Å². The quantitative estimate of drug-likeness (QED) is 0.382. The van der Waals surface area contributed by atoms with Crippen LogP contribution in [-0.4, -0.2) is 11.6 Å². The normalized spacial score (nSPS) is 33.5. The third kappa shape index (κ3) is 3.58. The van der Waals surface area contributed by atoms with Crippen LogP contribution in [0, 0.1) is 17.3 Å². The van der Waals surface area contributed by atoms with Crippen LogP contribution in [0.3, 0.4) is 0 Å². The van der Waals surface area contributed by atoms with E-state index < -0.39 is 0 Å². The fourth-order valence-electron chi connectivity index (χ4n) is 4.82. The van der Waals surface area contributed by atoms with E-state index in [-0.39, 0.29) is 17.0 Å². The lowest BCUT2D eigenvalue weighted by atomic mass is 9.63. The van der Waals surface area contributed by atoms with E-state index in [9.17, 15) is 4.79 Å². The Morgan fingerprint density at radius 3 is 2.18 bits per heavy atom. The van der Waals surface area contributed by atoms with Crippen LogP contribution in [0.5, 0.6) is 0 Å². The molecular weight excluding hydrogens is 272 g/mol. The Kier molecular flexibility index (Phi) is 5.74. The molecule has 0 heterocycles. The summed E-state index contributed by atoms with van der Waals surface area (Å²) in [5, 5.41) is 0. The van der Waals surface area contributed by atoms with Crippen LogP contribution < -0.4 is 0 Å². The Bertz CT molecular complexity index is 391. The number of carbonyl (C=O) groups excluding carboxylic acids is 1. The largest absolute Gasteiger partial charge is 0.455 e. The van der Waals surface area contributed by atoms with Crippen molar-refractivity contribution in [2.75, 3.05) is 0 Å². The fraction of sp³-hybridized carbons (Fsp3) is 0.850. The van der Waals surface area contributed by atoms with Gasteiger partial charge < -0.3 is 4.74 Å². The van der Waals surface area contributed by atoms with E-state index in [1.165, 1.54) is 63.9 Å². The van der Waals surface area contributed by atoms with E-state index in [1.54, 1.807) is 0 Å². The highest BCUT2D eigenvalue weighted by Gasteiger charge is 2.52. The first-order valence-electron chi connectivity index (χ1n) is 9.26. The van der Waals surface area contributed by atoms with E-state index in [1.807, 2.05) is 0 Å². The molecule has 2 atom stereocenters. The third-order valence-corrected chi connectivity index (χ3v) is 6.57. The molecule has 0 N–H and O–H groups in total. The van der Waals surface area contributed by atoms with Gasteiger partial charge in [-0.15, -0.1) is 0 Å². The molecule has 0 radical (unpaired) electrons. The smallest absolute Gasteiger partial charge is 0.330 e. The number of ether oxygens (including phenoxy) is 1. The molecular formula is C20H34O2. The van der Waals surface area contributed by atoms with Crippen molar-refractivity contribution in [2.24, 2.45) is 17.3 Å². The first-order valence-corrected chi connectivity index (χ1v) is 9.26. The summed E-state index contributed by atoms with van der Waals surface area (Å²) in [6, 6.07) is 0. The molecule has 22 heavy (non-hydrogen) atoms. The Morgan fingerprint density at radius 2 is 1.59 bits per heavy atom. The molecule has 2 heteroatoms. The SMILES string of the molecule is C=CC(=O)OC1(C)C(C2CCCCCC2)CCCCC1(C)C. The zero-order valence-electron chi connectivity index (χ0n) is 14.8. The van der Waals surface area contributed by atoms with E-state index in [2.05, 4.69) is 27.4 Å². The second-order valence-electron chi connectivity index (χ2n) is 8.22. The topological polar surface area (TPSA) is 26.3 Å². The van der Waals surface area contributed by atoms with Gasteiger partial charge in [0.1, 0.15) is 5.60 Å². The first-order chi connectivity index (χ1) is 10.4. The molecule has 126 valence electrons. The van der Waals surface area contributed by atoms with E-state index in [4.69, 9.17) is 4.74 Å². The third-order valence-electron chi connectivity index (χ3n) is 6.57. The maximum absolute atomic E-state index is 12.0. The van der Waals surface area contributed by atoms with Crippen molar-refractivity contribution in [3.05, 3.63) is 12.7 Å². The van der Waals surface area contributed by atoms with Crippen molar-refractivity contribution in [1.29, 1.82) is 0 Å². The molecule has 2 rings (SSSR count). The van der Waals surface area contributed by atoms with Gasteiger partial charge in [0.2, 0.25) is 0 Å². The van der Waals surface area contributed by atoms with Crippen molar-refractivity contribution >= 4 is 5.97 Å². The Hall–Kier alpha value is -0.790. The minimum Gasteiger partial charge on any atom is -0.455 e. The predicted octanol–water partition coefficient (Wildman–Crippen LogP) is 5.66. The fourth-order valence-corrected chi connectivity index (χ4v) is 4.82. The minimum atomic E-state index is -0.371. The number of rotatable bonds is 3. The summed E-state index contributed by atoms with van der Waals surface area (Å²) in [5.41, 5.74) is -0.344. The highest BCUT2D eigenvalue weighted by molar-refractivity contribution is 5.81. The van der Waals surface area contributed by atoms with E-state index >= 15 is 0 Å². The summed E-state index contributed by atoms with van der Waals surface area (Å²) in [6.07, 6.45) is 14.2. The molecule has 0 aliphatic heterocycles. The van der Waals surface area contributed by atoms with Crippen molar-refractivity contribution in [3.8, 4) is 0 Å². The zero-order chi connectivity index (χ0) is 16.2. The van der Waals surface area contributed by atoms with Crippen LogP contribution in [0.4, 0.5) is 0 Å². The van der Waals surface area contributed by atoms with Crippen molar-refractivity contribution in [1.82, 2.24) is 0 Å². The van der Waals surface area contributed by atoms with Gasteiger partial charge in [0.15, 0.2) is 0 Å². The molecule has 0 aromatic carbocycles. The average molecular weight is 306 g/mol. The van der Waals surface area contributed by atoms with E-state index in [0.29, 0.717) is 11.8 Å². The van der Waals surface area contributed by atoms with Crippen molar-refractivity contribution in [3.63, 3.8) is 0 Å². The van der Waals surface area contributed by atoms with Crippen LogP contribution in [0.2, 0.25) is 0 Å². The number of hydrogen-bond acceptors (Lipinski definition) is 2. The van der Waals surface area contributed by atoms with Gasteiger partial charge in [-0.3, -0.25) is 0 Å². The average Bonchev–Trinajstić information content (AvgIpc) is 2.79. The molecule has 2 fully saturated rings. The first kappa shape index (κ1) is 17.6. The molecule has 0 aromatic heterocycles. The summed E-state index contributed by atoms with van der Waals surface area (Å²) < 4.78 is 6.07. The summed E-state index contributed by atoms with van der Waals surface area (Å²) >= 11 is 0. The lowest BCUT2D eigenvalue weighted by molar-refractivity contribution is -0.182. The summed E-state index contributed by atoms with van der Waals surface area (Å²) in [4.78, 5) is 12.0. The molecule has 0 saturated heterocycles. The molecule has 2 aliphatic carbocycles. The standard InChI is InChI=1S/C20H34O2/c1-5-18(21)22-20(4)17(14-10-11-15-19(20,2)3)16-12-8-6-7-9-13-16/h5,16-17H,1,6-15H2,2-4H3. The van der Waals surface area contributed by atoms with Crippen LogP contribution in [-0.2, 0) is 9.53 Å². The predicted molar refractivity (Wildman–Crippen MR) is 91.6 cm³/mol. The summed E-state index contributed by atoms with van der Waals surface area (Å²) in [5.74, 6) is 0.950. The molecule has 0 amide bonds. The Balaban J connectivity index is 2.32. The van der Waals surface area contributed by atoms with Crippen molar-refractivity contribution < 1.29 is 9.53 Å².